The van der Waals surface area contributed by atoms with Crippen LogP contribution in [0.1, 0.15) is 36.6 Å². The molecule has 0 saturated heterocycles. The minimum absolute atomic E-state index is 0.232. The van der Waals surface area contributed by atoms with Crippen molar-refractivity contribution in [1.82, 2.24) is 25.1 Å². The zero-order valence-corrected chi connectivity index (χ0v) is 19.9. The molecule has 7 nitrogen and oxygen atoms in total. The predicted molar refractivity (Wildman–Crippen MR) is 130 cm³/mol. The minimum Gasteiger partial charge on any atom is -0.447 e. The Hall–Kier alpha value is -3.10. The number of thioether (sulfide) groups is 1. The van der Waals surface area contributed by atoms with Gasteiger partial charge in [0.1, 0.15) is 6.26 Å². The Balaban J connectivity index is 1.53. The number of oxazole rings is 1. The Morgan fingerprint density at radius 1 is 1.12 bits per heavy atom. The van der Waals surface area contributed by atoms with Gasteiger partial charge in [0.05, 0.1) is 10.8 Å². The summed E-state index contributed by atoms with van der Waals surface area (Å²) in [6.45, 7) is 4.84. The fourth-order valence-corrected chi connectivity index (χ4v) is 4.19. The van der Waals surface area contributed by atoms with Gasteiger partial charge in [-0.15, -0.1) is 10.2 Å². The van der Waals surface area contributed by atoms with E-state index in [0.717, 1.165) is 17.7 Å². The normalized spacial score (nSPS) is 11.2. The summed E-state index contributed by atoms with van der Waals surface area (Å²) in [6, 6.07) is 17.4. The molecule has 2 aromatic heterocycles. The zero-order valence-electron chi connectivity index (χ0n) is 18.4. The first-order valence-electron chi connectivity index (χ1n) is 10.6. The Kier molecular flexibility index (Phi) is 7.47. The van der Waals surface area contributed by atoms with Crippen molar-refractivity contribution in [1.29, 1.82) is 0 Å². The average molecular weight is 482 g/mol. The molecule has 2 heterocycles. The first-order chi connectivity index (χ1) is 16.0. The van der Waals surface area contributed by atoms with Gasteiger partial charge in [-0.05, 0) is 36.6 Å². The number of carbonyl (C=O) groups excluding carboxylic acids is 1. The highest BCUT2D eigenvalue weighted by molar-refractivity contribution is 7.98. The van der Waals surface area contributed by atoms with Gasteiger partial charge in [-0.25, -0.2) is 4.98 Å². The van der Waals surface area contributed by atoms with Crippen LogP contribution >= 0.6 is 23.4 Å². The zero-order chi connectivity index (χ0) is 23.2. The van der Waals surface area contributed by atoms with Crippen molar-refractivity contribution >= 4 is 29.3 Å². The second-order valence-corrected chi connectivity index (χ2v) is 9.16. The number of aromatic nitrogens is 4. The third-order valence-corrected chi connectivity index (χ3v) is 6.12. The molecule has 4 rings (SSSR count). The van der Waals surface area contributed by atoms with Gasteiger partial charge >= 0.3 is 0 Å². The first-order valence-corrected chi connectivity index (χ1v) is 12.0. The smallest absolute Gasteiger partial charge is 0.273 e. The number of amides is 1. The quantitative estimate of drug-likeness (QED) is 0.311. The maximum absolute atomic E-state index is 12.3. The van der Waals surface area contributed by atoms with Gasteiger partial charge in [0.2, 0.25) is 5.89 Å². The van der Waals surface area contributed by atoms with Gasteiger partial charge in [-0.1, -0.05) is 67.5 Å². The van der Waals surface area contributed by atoms with Crippen LogP contribution in [-0.2, 0) is 5.75 Å². The van der Waals surface area contributed by atoms with Crippen LogP contribution in [0.4, 0.5) is 0 Å². The SMILES string of the molecule is CC(C)CCNC(=O)c1coc(CSc2nnc(-c3ccccc3Cl)n2-c2ccccc2)n1. The van der Waals surface area contributed by atoms with Gasteiger partial charge in [0.15, 0.2) is 16.7 Å². The Morgan fingerprint density at radius 2 is 1.88 bits per heavy atom. The summed E-state index contributed by atoms with van der Waals surface area (Å²) in [6.07, 6.45) is 2.30. The highest BCUT2D eigenvalue weighted by Crippen LogP contribution is 2.32. The molecule has 2 aromatic carbocycles. The van der Waals surface area contributed by atoms with E-state index in [1.807, 2.05) is 59.2 Å². The first kappa shape index (κ1) is 23.1. The van der Waals surface area contributed by atoms with E-state index < -0.39 is 0 Å². The number of benzene rings is 2. The summed E-state index contributed by atoms with van der Waals surface area (Å²) in [4.78, 5) is 16.6. The summed E-state index contributed by atoms with van der Waals surface area (Å²) in [5.41, 5.74) is 1.98. The number of nitrogens with one attached hydrogen (secondary N) is 1. The van der Waals surface area contributed by atoms with E-state index in [0.29, 0.717) is 40.1 Å². The van der Waals surface area contributed by atoms with Gasteiger partial charge in [-0.2, -0.15) is 0 Å². The van der Waals surface area contributed by atoms with Crippen molar-refractivity contribution < 1.29 is 9.21 Å². The molecule has 0 radical (unpaired) electrons. The Morgan fingerprint density at radius 3 is 2.64 bits per heavy atom. The summed E-state index contributed by atoms with van der Waals surface area (Å²) in [5.74, 6) is 1.77. The summed E-state index contributed by atoms with van der Waals surface area (Å²) in [7, 11) is 0. The van der Waals surface area contributed by atoms with Crippen LogP contribution < -0.4 is 5.32 Å². The minimum atomic E-state index is -0.232. The van der Waals surface area contributed by atoms with Crippen molar-refractivity contribution in [2.24, 2.45) is 5.92 Å². The van der Waals surface area contributed by atoms with Crippen LogP contribution in [0.2, 0.25) is 5.02 Å². The van der Waals surface area contributed by atoms with E-state index in [4.69, 9.17) is 16.0 Å². The van der Waals surface area contributed by atoms with Crippen LogP contribution in [-0.4, -0.2) is 32.2 Å². The van der Waals surface area contributed by atoms with Crippen LogP contribution in [0, 0.1) is 5.92 Å². The Labute approximate surface area is 201 Å². The van der Waals surface area contributed by atoms with E-state index in [1.165, 1.54) is 18.0 Å². The molecule has 0 aliphatic carbocycles. The maximum Gasteiger partial charge on any atom is 0.273 e. The molecule has 0 saturated carbocycles. The van der Waals surface area contributed by atoms with E-state index in [2.05, 4.69) is 34.3 Å². The molecule has 0 aliphatic rings. The number of hydrogen-bond donors (Lipinski definition) is 1. The van der Waals surface area contributed by atoms with Gasteiger partial charge in [-0.3, -0.25) is 9.36 Å². The molecule has 1 N–H and O–H groups in total. The fraction of sp³-hybridized carbons (Fsp3) is 0.250. The molecule has 0 aliphatic heterocycles. The number of para-hydroxylation sites is 1. The largest absolute Gasteiger partial charge is 0.447 e. The predicted octanol–water partition coefficient (Wildman–Crippen LogP) is 5.64. The molecular formula is C24H24ClN5O2S. The highest BCUT2D eigenvalue weighted by atomic mass is 35.5. The van der Waals surface area contributed by atoms with Crippen molar-refractivity contribution in [2.75, 3.05) is 6.54 Å². The van der Waals surface area contributed by atoms with E-state index in [-0.39, 0.29) is 11.6 Å². The highest BCUT2D eigenvalue weighted by Gasteiger charge is 2.19. The van der Waals surface area contributed by atoms with Gasteiger partial charge in [0, 0.05) is 17.8 Å². The van der Waals surface area contributed by atoms with Crippen LogP contribution in [0.25, 0.3) is 17.1 Å². The average Bonchev–Trinajstić information content (AvgIpc) is 3.45. The lowest BCUT2D eigenvalue weighted by atomic mass is 10.1. The van der Waals surface area contributed by atoms with Crippen molar-refractivity contribution in [3.63, 3.8) is 0 Å². The number of hydrogen-bond acceptors (Lipinski definition) is 6. The molecule has 170 valence electrons. The molecular weight excluding hydrogens is 458 g/mol. The van der Waals surface area contributed by atoms with E-state index >= 15 is 0 Å². The molecule has 0 spiro atoms. The van der Waals surface area contributed by atoms with Crippen LogP contribution in [0.5, 0.6) is 0 Å². The third-order valence-electron chi connectivity index (χ3n) is 4.88. The number of rotatable bonds is 9. The summed E-state index contributed by atoms with van der Waals surface area (Å²) in [5, 5.41) is 12.9. The van der Waals surface area contributed by atoms with Crippen LogP contribution in [0.3, 0.4) is 0 Å². The fourth-order valence-electron chi connectivity index (χ4n) is 3.16. The van der Waals surface area contributed by atoms with Crippen molar-refractivity contribution in [3.05, 3.63) is 77.5 Å². The third kappa shape index (κ3) is 5.64. The number of halogens is 1. The van der Waals surface area contributed by atoms with E-state index in [1.54, 1.807) is 0 Å². The van der Waals surface area contributed by atoms with Gasteiger partial charge in [0.25, 0.3) is 5.91 Å². The number of carbonyl (C=O) groups is 1. The van der Waals surface area contributed by atoms with Crippen LogP contribution in [0.15, 0.2) is 70.4 Å². The van der Waals surface area contributed by atoms with Crippen molar-refractivity contribution in [2.45, 2.75) is 31.2 Å². The lowest BCUT2D eigenvalue weighted by Crippen LogP contribution is -2.25. The lowest BCUT2D eigenvalue weighted by Gasteiger charge is -2.10. The molecule has 33 heavy (non-hydrogen) atoms. The topological polar surface area (TPSA) is 85.8 Å². The van der Waals surface area contributed by atoms with E-state index in [9.17, 15) is 4.79 Å². The second-order valence-electron chi connectivity index (χ2n) is 7.81. The molecule has 9 heteroatoms. The molecule has 0 atom stereocenters. The molecule has 0 bridgehead atoms. The molecule has 0 fully saturated rings. The summed E-state index contributed by atoms with van der Waals surface area (Å²) < 4.78 is 7.47. The van der Waals surface area contributed by atoms with Gasteiger partial charge < -0.3 is 9.73 Å². The van der Waals surface area contributed by atoms with Crippen molar-refractivity contribution in [3.8, 4) is 17.1 Å². The Bertz CT molecular complexity index is 1220. The second kappa shape index (κ2) is 10.7. The molecule has 4 aromatic rings. The standard InChI is InChI=1S/C24H24ClN5O2S/c1-16(2)12-13-26-23(31)20-14-32-21(27-20)15-33-24-29-28-22(18-10-6-7-11-19(18)25)30(24)17-8-4-3-5-9-17/h3-11,14,16H,12-13,15H2,1-2H3,(H,26,31). The molecule has 1 amide bonds. The number of nitrogens with zero attached hydrogens (tertiary/aromatic N) is 4. The summed E-state index contributed by atoms with van der Waals surface area (Å²) >= 11 is 7.86. The maximum atomic E-state index is 12.3. The molecule has 0 unspecified atom stereocenters. The lowest BCUT2D eigenvalue weighted by molar-refractivity contribution is 0.0947. The monoisotopic (exact) mass is 481 g/mol.